The number of piperazine rings is 2. The van der Waals surface area contributed by atoms with Crippen LogP contribution in [0.25, 0.3) is 5.65 Å². The van der Waals surface area contributed by atoms with Crippen molar-refractivity contribution < 1.29 is 19.1 Å². The quantitative estimate of drug-likeness (QED) is 0.294. The fraction of sp³-hybridized carbons (Fsp3) is 0.552. The SMILES string of the molecule is CC(C)(C)OC(=O)N1CCN(c2ccn3c(=O)[nH]nc3c2)CC1.CC(C)(C)OC(=O)N1CCN(c2ccnc(NN)c2)CC1. The van der Waals surface area contributed by atoms with Gasteiger partial charge in [-0.25, -0.2) is 30.3 Å². The Labute approximate surface area is 256 Å². The summed E-state index contributed by atoms with van der Waals surface area (Å²) in [6.45, 7) is 16.6. The third-order valence-electron chi connectivity index (χ3n) is 6.89. The second kappa shape index (κ2) is 13.4. The largest absolute Gasteiger partial charge is 0.444 e. The molecule has 2 fully saturated rings. The fourth-order valence-corrected chi connectivity index (χ4v) is 4.73. The number of carbonyl (C=O) groups excluding carboxylic acids is 2. The van der Waals surface area contributed by atoms with E-state index in [0.29, 0.717) is 50.7 Å². The van der Waals surface area contributed by atoms with Crippen LogP contribution in [0.15, 0.2) is 41.5 Å². The molecule has 4 N–H and O–H groups in total. The normalized spacial score (nSPS) is 15.9. The Bertz CT molecular complexity index is 1480. The number of carbonyl (C=O) groups is 2. The van der Waals surface area contributed by atoms with E-state index in [-0.39, 0.29) is 17.9 Å². The first-order chi connectivity index (χ1) is 20.7. The Balaban J connectivity index is 0.000000202. The predicted octanol–water partition coefficient (Wildman–Crippen LogP) is 2.50. The summed E-state index contributed by atoms with van der Waals surface area (Å²) in [6.07, 6.45) is 2.90. The number of nitrogens with one attached hydrogen (secondary N) is 2. The number of rotatable bonds is 3. The van der Waals surface area contributed by atoms with Crippen LogP contribution in [0.5, 0.6) is 0 Å². The van der Waals surface area contributed by atoms with Gasteiger partial charge < -0.3 is 34.5 Å². The van der Waals surface area contributed by atoms with Gasteiger partial charge in [-0.3, -0.25) is 4.40 Å². The van der Waals surface area contributed by atoms with Crippen molar-refractivity contribution in [2.45, 2.75) is 52.7 Å². The highest BCUT2D eigenvalue weighted by Gasteiger charge is 2.27. The van der Waals surface area contributed by atoms with Gasteiger partial charge >= 0.3 is 17.9 Å². The van der Waals surface area contributed by atoms with E-state index in [1.165, 1.54) is 4.40 Å². The standard InChI is InChI=1S/C15H21N5O3.C14H23N5O2/c1-15(2,3)23-14(22)19-8-6-18(7-9-19)11-4-5-20-12(10-11)16-17-13(20)21;1-14(2,3)21-13(20)19-8-6-18(7-9-19)11-4-5-16-12(10-11)17-15/h4-5,10H,6-9H2,1-3H3,(H,17,21);4-5,10H,6-9,15H2,1-3H3,(H,16,17). The first kappa shape index (κ1) is 32.4. The molecule has 3 aromatic rings. The van der Waals surface area contributed by atoms with Crippen molar-refractivity contribution in [2.75, 3.05) is 67.6 Å². The molecule has 0 unspecified atom stereocenters. The van der Waals surface area contributed by atoms with Crippen LogP contribution in [0.1, 0.15) is 41.5 Å². The number of ether oxygens (including phenoxy) is 2. The average molecular weight is 613 g/mol. The molecule has 15 nitrogen and oxygen atoms in total. The molecule has 2 amide bonds. The summed E-state index contributed by atoms with van der Waals surface area (Å²) in [6, 6.07) is 7.57. The van der Waals surface area contributed by atoms with Crippen LogP contribution in [0.4, 0.5) is 26.8 Å². The van der Waals surface area contributed by atoms with Crippen molar-refractivity contribution in [1.82, 2.24) is 29.4 Å². The van der Waals surface area contributed by atoms with Crippen LogP contribution < -0.4 is 26.8 Å². The lowest BCUT2D eigenvalue weighted by atomic mass is 10.2. The van der Waals surface area contributed by atoms with E-state index in [1.807, 2.05) is 65.8 Å². The number of pyridine rings is 2. The molecular formula is C29H44N10O5. The zero-order valence-corrected chi connectivity index (χ0v) is 26.4. The van der Waals surface area contributed by atoms with E-state index >= 15 is 0 Å². The highest BCUT2D eigenvalue weighted by Crippen LogP contribution is 2.20. The number of H-pyrrole nitrogens is 1. The summed E-state index contributed by atoms with van der Waals surface area (Å²) in [5.74, 6) is 6.00. The zero-order chi connectivity index (χ0) is 32.1. The molecule has 15 heteroatoms. The minimum absolute atomic E-state index is 0.249. The molecule has 5 heterocycles. The molecule has 0 aromatic carbocycles. The van der Waals surface area contributed by atoms with Crippen molar-refractivity contribution in [1.29, 1.82) is 0 Å². The Morgan fingerprint density at radius 3 is 1.80 bits per heavy atom. The zero-order valence-electron chi connectivity index (χ0n) is 26.4. The second-order valence-electron chi connectivity index (χ2n) is 12.6. The molecule has 5 rings (SSSR count). The molecule has 2 aliphatic heterocycles. The molecule has 2 saturated heterocycles. The lowest BCUT2D eigenvalue weighted by Crippen LogP contribution is -2.50. The first-order valence-corrected chi connectivity index (χ1v) is 14.7. The minimum atomic E-state index is -0.480. The van der Waals surface area contributed by atoms with E-state index in [1.54, 1.807) is 22.2 Å². The summed E-state index contributed by atoms with van der Waals surface area (Å²) in [5.41, 5.74) is 3.97. The van der Waals surface area contributed by atoms with Gasteiger partial charge in [0, 0.05) is 88.3 Å². The molecule has 3 aromatic heterocycles. The molecule has 0 atom stereocenters. The monoisotopic (exact) mass is 612 g/mol. The van der Waals surface area contributed by atoms with Crippen molar-refractivity contribution in [3.8, 4) is 0 Å². The number of hydrazine groups is 1. The summed E-state index contributed by atoms with van der Waals surface area (Å²) >= 11 is 0. The number of hydrogen-bond donors (Lipinski definition) is 3. The van der Waals surface area contributed by atoms with Crippen LogP contribution in [0.2, 0.25) is 0 Å². The van der Waals surface area contributed by atoms with E-state index in [9.17, 15) is 14.4 Å². The number of nitrogens with zero attached hydrogens (tertiary/aromatic N) is 7. The van der Waals surface area contributed by atoms with E-state index < -0.39 is 11.2 Å². The number of nitrogen functional groups attached to an aromatic ring is 1. The Morgan fingerprint density at radius 2 is 1.32 bits per heavy atom. The number of hydrogen-bond acceptors (Lipinski definition) is 11. The van der Waals surface area contributed by atoms with Crippen LogP contribution in [0, 0.1) is 0 Å². The van der Waals surface area contributed by atoms with Crippen LogP contribution in [0.3, 0.4) is 0 Å². The molecular weight excluding hydrogens is 568 g/mol. The van der Waals surface area contributed by atoms with Gasteiger partial charge in [-0.15, -0.1) is 0 Å². The van der Waals surface area contributed by atoms with Gasteiger partial charge in [-0.1, -0.05) is 0 Å². The van der Waals surface area contributed by atoms with Gasteiger partial charge in [0.05, 0.1) is 0 Å². The van der Waals surface area contributed by atoms with E-state index in [4.69, 9.17) is 15.3 Å². The summed E-state index contributed by atoms with van der Waals surface area (Å²) in [5, 5.41) is 6.39. The summed E-state index contributed by atoms with van der Waals surface area (Å²) in [7, 11) is 0. The predicted molar refractivity (Wildman–Crippen MR) is 168 cm³/mol. The summed E-state index contributed by atoms with van der Waals surface area (Å²) < 4.78 is 12.2. The Hall–Kier alpha value is -4.53. The van der Waals surface area contributed by atoms with Gasteiger partial charge in [0.25, 0.3) is 0 Å². The molecule has 0 bridgehead atoms. The maximum atomic E-state index is 12.1. The first-order valence-electron chi connectivity index (χ1n) is 14.7. The third-order valence-corrected chi connectivity index (χ3v) is 6.89. The van der Waals surface area contributed by atoms with Crippen LogP contribution in [-0.4, -0.2) is 105 Å². The number of nitrogens with two attached hydrogens (primary N) is 1. The number of aromatic nitrogens is 4. The van der Waals surface area contributed by atoms with Gasteiger partial charge in [0.15, 0.2) is 5.65 Å². The average Bonchev–Trinajstić information content (AvgIpc) is 3.35. The number of anilines is 3. The maximum absolute atomic E-state index is 12.1. The van der Waals surface area contributed by atoms with Crippen molar-refractivity contribution in [2.24, 2.45) is 5.84 Å². The van der Waals surface area contributed by atoms with Crippen molar-refractivity contribution in [3.63, 3.8) is 0 Å². The van der Waals surface area contributed by atoms with Gasteiger partial charge in [0.1, 0.15) is 17.0 Å². The van der Waals surface area contributed by atoms with E-state index in [0.717, 1.165) is 24.5 Å². The van der Waals surface area contributed by atoms with Gasteiger partial charge in [-0.2, -0.15) is 5.10 Å². The van der Waals surface area contributed by atoms with Crippen LogP contribution in [-0.2, 0) is 9.47 Å². The maximum Gasteiger partial charge on any atom is 0.410 e. The molecule has 240 valence electrons. The minimum Gasteiger partial charge on any atom is -0.444 e. The Morgan fingerprint density at radius 1 is 0.818 bits per heavy atom. The number of fused-ring (bicyclic) bond motifs is 1. The highest BCUT2D eigenvalue weighted by molar-refractivity contribution is 5.69. The number of amides is 2. The lowest BCUT2D eigenvalue weighted by molar-refractivity contribution is 0.0230. The van der Waals surface area contributed by atoms with Crippen LogP contribution >= 0.6 is 0 Å². The van der Waals surface area contributed by atoms with Crippen molar-refractivity contribution in [3.05, 3.63) is 47.1 Å². The fourth-order valence-electron chi connectivity index (χ4n) is 4.73. The third kappa shape index (κ3) is 8.75. The molecule has 0 radical (unpaired) electrons. The van der Waals surface area contributed by atoms with Crippen molar-refractivity contribution >= 4 is 35.0 Å². The molecule has 44 heavy (non-hydrogen) atoms. The Kier molecular flexibility index (Phi) is 9.87. The second-order valence-corrected chi connectivity index (χ2v) is 12.6. The summed E-state index contributed by atoms with van der Waals surface area (Å²) in [4.78, 5) is 47.5. The van der Waals surface area contributed by atoms with E-state index in [2.05, 4.69) is 30.4 Å². The van der Waals surface area contributed by atoms with Gasteiger partial charge in [-0.05, 0) is 53.7 Å². The number of aromatic amines is 1. The highest BCUT2D eigenvalue weighted by atomic mass is 16.6. The molecule has 0 saturated carbocycles. The lowest BCUT2D eigenvalue weighted by Gasteiger charge is -2.36. The molecule has 2 aliphatic rings. The molecule has 0 spiro atoms. The topological polar surface area (TPSA) is 167 Å². The molecule has 0 aliphatic carbocycles. The smallest absolute Gasteiger partial charge is 0.410 e. The van der Waals surface area contributed by atoms with Gasteiger partial charge in [0.2, 0.25) is 0 Å².